The Kier molecular flexibility index (Phi) is 12.8. The molecule has 0 heterocycles. The maximum absolute atomic E-state index is 9.25. The summed E-state index contributed by atoms with van der Waals surface area (Å²) in [5, 5.41) is 7.60. The number of hydrogen-bond donors (Lipinski definition) is 2. The van der Waals surface area contributed by atoms with E-state index in [4.69, 9.17) is 5.11 Å². The number of aliphatic carboxylic acids is 1. The highest BCUT2D eigenvalue weighted by atomic mass is 32.1. The molecule has 0 aliphatic carbocycles. The second-order valence-electron chi connectivity index (χ2n) is 0.859. The summed E-state index contributed by atoms with van der Waals surface area (Å²) in [5.74, 6) is -0.0370. The molecule has 0 aliphatic heterocycles. The Balaban J connectivity index is 0. The van der Waals surface area contributed by atoms with Crippen LogP contribution >= 0.6 is 12.6 Å². The summed E-state index contributed by atoms with van der Waals surface area (Å²) in [5.41, 5.74) is 0. The molecular weight excluding hydrogens is 124 g/mol. The van der Waals surface area contributed by atoms with Gasteiger partial charge in [0.05, 0.1) is 0 Å². The van der Waals surface area contributed by atoms with Crippen molar-refractivity contribution in [3.63, 3.8) is 0 Å². The van der Waals surface area contributed by atoms with E-state index < -0.39 is 5.97 Å². The minimum Gasteiger partial charge on any atom is -0.478 e. The van der Waals surface area contributed by atoms with Gasteiger partial charge in [-0.1, -0.05) is 13.5 Å². The summed E-state index contributed by atoms with van der Waals surface area (Å²) in [6, 6.07) is 0. The van der Waals surface area contributed by atoms with Gasteiger partial charge in [0.1, 0.15) is 0 Å². The maximum Gasteiger partial charge on any atom is 0.327 e. The molecule has 8 heavy (non-hydrogen) atoms. The molecule has 48 valence electrons. The van der Waals surface area contributed by atoms with Gasteiger partial charge in [-0.25, -0.2) is 4.79 Å². The van der Waals surface area contributed by atoms with Crippen LogP contribution < -0.4 is 0 Å². The van der Waals surface area contributed by atoms with E-state index in [1.54, 1.807) is 0 Å². The van der Waals surface area contributed by atoms with Crippen LogP contribution in [0.1, 0.15) is 6.92 Å². The van der Waals surface area contributed by atoms with Crippen LogP contribution in [0.4, 0.5) is 0 Å². The second kappa shape index (κ2) is 9.75. The van der Waals surface area contributed by atoms with Crippen LogP contribution in [-0.2, 0) is 4.79 Å². The Labute approximate surface area is 54.6 Å². The van der Waals surface area contributed by atoms with Gasteiger partial charge in [0.2, 0.25) is 0 Å². The van der Waals surface area contributed by atoms with Gasteiger partial charge >= 0.3 is 5.97 Å². The third kappa shape index (κ3) is 47.5. The lowest BCUT2D eigenvalue weighted by Crippen LogP contribution is -1.82. The Morgan fingerprint density at radius 2 is 2.12 bits per heavy atom. The smallest absolute Gasteiger partial charge is 0.327 e. The van der Waals surface area contributed by atoms with Crippen LogP contribution in [0.5, 0.6) is 0 Å². The number of rotatable bonds is 1. The fourth-order valence-electron chi connectivity index (χ4n) is 0. The van der Waals surface area contributed by atoms with Crippen LogP contribution in [0.15, 0.2) is 12.7 Å². The topological polar surface area (TPSA) is 37.3 Å². The molecule has 3 heteroatoms. The lowest BCUT2D eigenvalue weighted by molar-refractivity contribution is -0.131. The first-order valence-corrected chi connectivity index (χ1v) is 2.78. The van der Waals surface area contributed by atoms with Crippen molar-refractivity contribution in [1.82, 2.24) is 0 Å². The van der Waals surface area contributed by atoms with Crippen molar-refractivity contribution in [2.45, 2.75) is 6.92 Å². The van der Waals surface area contributed by atoms with Crippen molar-refractivity contribution in [2.75, 3.05) is 5.75 Å². The van der Waals surface area contributed by atoms with Crippen LogP contribution in [-0.4, -0.2) is 16.8 Å². The molecular formula is C5H10O2S. The molecule has 0 bridgehead atoms. The Hall–Kier alpha value is -0.440. The van der Waals surface area contributed by atoms with E-state index >= 15 is 0 Å². The van der Waals surface area contributed by atoms with E-state index in [2.05, 4.69) is 19.2 Å². The minimum atomic E-state index is -0.981. The number of hydrogen-bond acceptors (Lipinski definition) is 2. The van der Waals surface area contributed by atoms with E-state index in [-0.39, 0.29) is 0 Å². The third-order valence-electron chi connectivity index (χ3n) is 0.175. The molecule has 2 nitrogen and oxygen atoms in total. The van der Waals surface area contributed by atoms with E-state index in [0.717, 1.165) is 11.8 Å². The predicted octanol–water partition coefficient (Wildman–Crippen LogP) is 1.19. The first-order chi connectivity index (χ1) is 3.68. The first-order valence-electron chi connectivity index (χ1n) is 2.15. The van der Waals surface area contributed by atoms with E-state index in [1.165, 1.54) is 0 Å². The number of carbonyl (C=O) groups is 1. The fraction of sp³-hybridized carbons (Fsp3) is 0.400. The number of carboxylic acid groups (broad SMARTS) is 1. The van der Waals surface area contributed by atoms with Crippen molar-refractivity contribution in [1.29, 1.82) is 0 Å². The zero-order valence-corrected chi connectivity index (χ0v) is 5.69. The molecule has 0 aromatic carbocycles. The average molecular weight is 134 g/mol. The van der Waals surface area contributed by atoms with E-state index in [1.807, 2.05) is 6.92 Å². The van der Waals surface area contributed by atoms with Gasteiger partial charge in [-0.3, -0.25) is 0 Å². The number of thiol groups is 1. The maximum atomic E-state index is 9.25. The Bertz CT molecular complexity index is 70.8. The van der Waals surface area contributed by atoms with Crippen LogP contribution in [0.3, 0.4) is 0 Å². The summed E-state index contributed by atoms with van der Waals surface area (Å²) in [6.45, 7) is 4.95. The summed E-state index contributed by atoms with van der Waals surface area (Å²) < 4.78 is 0. The lowest BCUT2D eigenvalue weighted by Gasteiger charge is -1.64. The van der Waals surface area contributed by atoms with Gasteiger partial charge in [0, 0.05) is 6.08 Å². The van der Waals surface area contributed by atoms with Gasteiger partial charge in [0.25, 0.3) is 0 Å². The molecule has 1 N–H and O–H groups in total. The van der Waals surface area contributed by atoms with Gasteiger partial charge in [0.15, 0.2) is 0 Å². The van der Waals surface area contributed by atoms with Crippen LogP contribution in [0.25, 0.3) is 0 Å². The van der Waals surface area contributed by atoms with Crippen molar-refractivity contribution < 1.29 is 9.90 Å². The summed E-state index contributed by atoms with van der Waals surface area (Å²) in [4.78, 5) is 9.25. The van der Waals surface area contributed by atoms with Gasteiger partial charge < -0.3 is 5.11 Å². The monoisotopic (exact) mass is 134 g/mol. The van der Waals surface area contributed by atoms with Gasteiger partial charge in [-0.2, -0.15) is 12.6 Å². The van der Waals surface area contributed by atoms with Crippen LogP contribution in [0.2, 0.25) is 0 Å². The van der Waals surface area contributed by atoms with Crippen LogP contribution in [0, 0.1) is 0 Å². The largest absolute Gasteiger partial charge is 0.478 e. The van der Waals surface area contributed by atoms with Crippen molar-refractivity contribution in [2.24, 2.45) is 0 Å². The Morgan fingerprint density at radius 3 is 2.12 bits per heavy atom. The highest BCUT2D eigenvalue weighted by molar-refractivity contribution is 7.80. The third-order valence-corrected chi connectivity index (χ3v) is 0.175. The van der Waals surface area contributed by atoms with E-state index in [9.17, 15) is 4.79 Å². The highest BCUT2D eigenvalue weighted by Crippen LogP contribution is 1.58. The predicted molar refractivity (Wildman–Crippen MR) is 37.4 cm³/mol. The SMILES string of the molecule is C=CC(=O)O.CCS. The molecule has 0 saturated carbocycles. The zero-order valence-electron chi connectivity index (χ0n) is 4.79. The summed E-state index contributed by atoms with van der Waals surface area (Å²) in [7, 11) is 0. The molecule has 0 unspecified atom stereocenters. The molecule has 0 aromatic rings. The van der Waals surface area contributed by atoms with Crippen molar-refractivity contribution in [3.8, 4) is 0 Å². The summed E-state index contributed by atoms with van der Waals surface area (Å²) in [6.07, 6.45) is 0.833. The van der Waals surface area contributed by atoms with Gasteiger partial charge in [-0.05, 0) is 5.75 Å². The molecule has 0 amide bonds. The quantitative estimate of drug-likeness (QED) is 0.417. The normalized spacial score (nSPS) is 6.25. The molecule has 0 atom stereocenters. The molecule has 0 radical (unpaired) electrons. The summed E-state index contributed by atoms with van der Waals surface area (Å²) >= 11 is 3.79. The fourth-order valence-corrected chi connectivity index (χ4v) is 0. The standard InChI is InChI=1S/C3H4O2.C2H6S/c1-2-3(4)5;1-2-3/h2H,1H2,(H,4,5);3H,2H2,1H3. The number of carboxylic acids is 1. The first kappa shape index (κ1) is 10.5. The molecule has 0 aliphatic rings. The molecule has 0 saturated heterocycles. The molecule has 0 spiro atoms. The molecule has 0 aromatic heterocycles. The second-order valence-corrected chi connectivity index (χ2v) is 1.49. The molecule has 0 fully saturated rings. The van der Waals surface area contributed by atoms with Gasteiger partial charge in [-0.15, -0.1) is 0 Å². The average Bonchev–Trinajstić information content (AvgIpc) is 1.69. The molecule has 0 rings (SSSR count). The highest BCUT2D eigenvalue weighted by Gasteiger charge is 1.73. The van der Waals surface area contributed by atoms with Crippen molar-refractivity contribution in [3.05, 3.63) is 12.7 Å². The lowest BCUT2D eigenvalue weighted by atomic mass is 10.7. The Morgan fingerprint density at radius 1 is 2.00 bits per heavy atom. The van der Waals surface area contributed by atoms with Crippen molar-refractivity contribution >= 4 is 18.6 Å². The van der Waals surface area contributed by atoms with E-state index in [0.29, 0.717) is 0 Å². The minimum absolute atomic E-state index is 0.833. The zero-order chi connectivity index (χ0) is 6.99.